The van der Waals surface area contributed by atoms with Crippen LogP contribution in [0.5, 0.6) is 0 Å². The Morgan fingerprint density at radius 2 is 2.05 bits per heavy atom. The lowest BCUT2D eigenvalue weighted by atomic mass is 10.3. The minimum Gasteiger partial charge on any atom is -0.385 e. The Morgan fingerprint density at radius 1 is 1.29 bits per heavy atom. The molecule has 2 rings (SSSR count). The maximum Gasteiger partial charge on any atom is 0.274 e. The van der Waals surface area contributed by atoms with Crippen molar-refractivity contribution in [2.45, 2.75) is 6.42 Å². The Hall–Kier alpha value is -1.73. The van der Waals surface area contributed by atoms with Gasteiger partial charge in [-0.25, -0.2) is 9.97 Å². The first kappa shape index (κ1) is 15.7. The topological polar surface area (TPSA) is 70.6 Å². The molecule has 0 aromatic carbocycles. The summed E-state index contributed by atoms with van der Waals surface area (Å²) < 4.78 is 4.98. The van der Waals surface area contributed by atoms with Crippen LogP contribution in [0.25, 0.3) is 0 Å². The van der Waals surface area contributed by atoms with Crippen LogP contribution in [-0.4, -0.2) is 79.2 Å². The normalized spacial score (nSPS) is 16.0. The van der Waals surface area contributed by atoms with Gasteiger partial charge in [-0.15, -0.1) is 0 Å². The largest absolute Gasteiger partial charge is 0.385 e. The van der Waals surface area contributed by atoms with Crippen molar-refractivity contribution in [2.75, 3.05) is 58.8 Å². The standard InChI is InChI=1S/C14H23N5O2/c1-18-5-7-19(8-6-18)14(20)12-10-17-13(11-16-12)15-4-3-9-21-2/h10-11H,3-9H2,1-2H3,(H,15,17). The number of hydrogen-bond acceptors (Lipinski definition) is 6. The SMILES string of the molecule is COCCCNc1cnc(C(=O)N2CCN(C)CC2)cn1. The van der Waals surface area contributed by atoms with Crippen LogP contribution in [0.4, 0.5) is 5.82 Å². The molecule has 0 unspecified atom stereocenters. The van der Waals surface area contributed by atoms with Gasteiger partial charge < -0.3 is 19.9 Å². The van der Waals surface area contributed by atoms with E-state index in [-0.39, 0.29) is 5.91 Å². The lowest BCUT2D eigenvalue weighted by Crippen LogP contribution is -2.47. The van der Waals surface area contributed by atoms with Crippen LogP contribution in [-0.2, 0) is 4.74 Å². The first-order valence-corrected chi connectivity index (χ1v) is 7.23. The lowest BCUT2D eigenvalue weighted by molar-refractivity contribution is 0.0658. The molecule has 0 bridgehead atoms. The summed E-state index contributed by atoms with van der Waals surface area (Å²) in [7, 11) is 3.74. The molecule has 1 amide bonds. The van der Waals surface area contributed by atoms with Gasteiger partial charge in [0.05, 0.1) is 12.4 Å². The molecule has 1 aliphatic heterocycles. The van der Waals surface area contributed by atoms with Gasteiger partial charge in [0.1, 0.15) is 11.5 Å². The quantitative estimate of drug-likeness (QED) is 0.761. The number of rotatable bonds is 6. The molecule has 1 fully saturated rings. The van der Waals surface area contributed by atoms with Gasteiger partial charge in [-0.05, 0) is 13.5 Å². The molecule has 2 heterocycles. The highest BCUT2D eigenvalue weighted by Crippen LogP contribution is 2.07. The molecule has 0 saturated carbocycles. The summed E-state index contributed by atoms with van der Waals surface area (Å²) in [6.45, 7) is 4.77. The van der Waals surface area contributed by atoms with Crippen molar-refractivity contribution in [3.63, 3.8) is 0 Å². The zero-order valence-corrected chi connectivity index (χ0v) is 12.7. The van der Waals surface area contributed by atoms with Crippen molar-refractivity contribution >= 4 is 11.7 Å². The molecule has 0 aliphatic carbocycles. The van der Waals surface area contributed by atoms with Crippen LogP contribution in [0.1, 0.15) is 16.9 Å². The summed E-state index contributed by atoms with van der Waals surface area (Å²) >= 11 is 0. The zero-order chi connectivity index (χ0) is 15.1. The Labute approximate surface area is 125 Å². The fourth-order valence-electron chi connectivity index (χ4n) is 2.13. The number of carbonyl (C=O) groups is 1. The van der Waals surface area contributed by atoms with Crippen LogP contribution in [0.2, 0.25) is 0 Å². The van der Waals surface area contributed by atoms with Crippen molar-refractivity contribution in [3.05, 3.63) is 18.1 Å². The molecule has 1 saturated heterocycles. The molecule has 0 radical (unpaired) electrons. The summed E-state index contributed by atoms with van der Waals surface area (Å²) in [5.41, 5.74) is 0.405. The van der Waals surface area contributed by atoms with Crippen molar-refractivity contribution in [3.8, 4) is 0 Å². The predicted octanol–water partition coefficient (Wildman–Crippen LogP) is 0.313. The van der Waals surface area contributed by atoms with Crippen LogP contribution >= 0.6 is 0 Å². The highest BCUT2D eigenvalue weighted by Gasteiger charge is 2.21. The first-order chi connectivity index (χ1) is 10.2. The van der Waals surface area contributed by atoms with E-state index in [1.807, 2.05) is 4.90 Å². The van der Waals surface area contributed by atoms with Gasteiger partial charge in [0.15, 0.2) is 0 Å². The van der Waals surface area contributed by atoms with Gasteiger partial charge in [-0.1, -0.05) is 0 Å². The minimum atomic E-state index is -0.0402. The average Bonchev–Trinajstić information content (AvgIpc) is 2.52. The minimum absolute atomic E-state index is 0.0402. The third-order valence-corrected chi connectivity index (χ3v) is 3.49. The molecule has 1 aliphatic rings. The number of hydrogen-bond donors (Lipinski definition) is 1. The van der Waals surface area contributed by atoms with E-state index in [2.05, 4.69) is 27.2 Å². The summed E-state index contributed by atoms with van der Waals surface area (Å²) in [6.07, 6.45) is 4.05. The Morgan fingerprint density at radius 3 is 2.67 bits per heavy atom. The molecular weight excluding hydrogens is 270 g/mol. The maximum atomic E-state index is 12.3. The Balaban J connectivity index is 1.85. The number of nitrogens with one attached hydrogen (secondary N) is 1. The number of aromatic nitrogens is 2. The Kier molecular flexibility index (Phi) is 5.89. The zero-order valence-electron chi connectivity index (χ0n) is 12.7. The maximum absolute atomic E-state index is 12.3. The van der Waals surface area contributed by atoms with E-state index in [1.54, 1.807) is 19.5 Å². The molecule has 1 aromatic rings. The van der Waals surface area contributed by atoms with Crippen LogP contribution in [0, 0.1) is 0 Å². The fraction of sp³-hybridized carbons (Fsp3) is 0.643. The number of methoxy groups -OCH3 is 1. The number of ether oxygens (including phenoxy) is 1. The highest BCUT2D eigenvalue weighted by molar-refractivity contribution is 5.92. The predicted molar refractivity (Wildman–Crippen MR) is 80.4 cm³/mol. The number of likely N-dealkylation sites (N-methyl/N-ethyl adjacent to an activating group) is 1. The van der Waals surface area contributed by atoms with E-state index < -0.39 is 0 Å². The highest BCUT2D eigenvalue weighted by atomic mass is 16.5. The second-order valence-corrected chi connectivity index (χ2v) is 5.16. The van der Waals surface area contributed by atoms with E-state index in [1.165, 1.54) is 0 Å². The summed E-state index contributed by atoms with van der Waals surface area (Å²) in [4.78, 5) is 24.8. The smallest absolute Gasteiger partial charge is 0.274 e. The van der Waals surface area contributed by atoms with Crippen LogP contribution in [0.15, 0.2) is 12.4 Å². The summed E-state index contributed by atoms with van der Waals surface area (Å²) in [5, 5.41) is 3.15. The third-order valence-electron chi connectivity index (χ3n) is 3.49. The second-order valence-electron chi connectivity index (χ2n) is 5.16. The van der Waals surface area contributed by atoms with E-state index in [0.29, 0.717) is 18.1 Å². The fourth-order valence-corrected chi connectivity index (χ4v) is 2.13. The van der Waals surface area contributed by atoms with Crippen LogP contribution in [0.3, 0.4) is 0 Å². The molecule has 1 N–H and O–H groups in total. The first-order valence-electron chi connectivity index (χ1n) is 7.23. The van der Waals surface area contributed by atoms with Gasteiger partial charge in [0, 0.05) is 46.4 Å². The van der Waals surface area contributed by atoms with Gasteiger partial charge in [-0.2, -0.15) is 0 Å². The summed E-state index contributed by atoms with van der Waals surface area (Å²) in [5.74, 6) is 0.641. The van der Waals surface area contributed by atoms with Crippen molar-refractivity contribution in [1.82, 2.24) is 19.8 Å². The molecule has 116 valence electrons. The van der Waals surface area contributed by atoms with Crippen molar-refractivity contribution < 1.29 is 9.53 Å². The van der Waals surface area contributed by atoms with Crippen LogP contribution < -0.4 is 5.32 Å². The molecule has 0 atom stereocenters. The second kappa shape index (κ2) is 7.90. The summed E-state index contributed by atoms with van der Waals surface area (Å²) in [6, 6.07) is 0. The van der Waals surface area contributed by atoms with Gasteiger partial charge >= 0.3 is 0 Å². The number of nitrogens with zero attached hydrogens (tertiary/aromatic N) is 4. The number of carbonyl (C=O) groups excluding carboxylic acids is 1. The molecule has 21 heavy (non-hydrogen) atoms. The average molecular weight is 293 g/mol. The van der Waals surface area contributed by atoms with Gasteiger partial charge in [0.25, 0.3) is 5.91 Å². The molecule has 0 spiro atoms. The van der Waals surface area contributed by atoms with E-state index >= 15 is 0 Å². The number of piperazine rings is 1. The molecular formula is C14H23N5O2. The van der Waals surface area contributed by atoms with E-state index in [9.17, 15) is 4.79 Å². The third kappa shape index (κ3) is 4.64. The van der Waals surface area contributed by atoms with Crippen molar-refractivity contribution in [1.29, 1.82) is 0 Å². The van der Waals surface area contributed by atoms with Gasteiger partial charge in [-0.3, -0.25) is 4.79 Å². The molecule has 1 aromatic heterocycles. The van der Waals surface area contributed by atoms with E-state index in [0.717, 1.165) is 39.1 Å². The lowest BCUT2D eigenvalue weighted by Gasteiger charge is -2.32. The molecule has 7 nitrogen and oxygen atoms in total. The van der Waals surface area contributed by atoms with E-state index in [4.69, 9.17) is 4.74 Å². The number of amides is 1. The Bertz CT molecular complexity index is 443. The molecule has 7 heteroatoms. The van der Waals surface area contributed by atoms with Gasteiger partial charge in [0.2, 0.25) is 0 Å². The monoisotopic (exact) mass is 293 g/mol. The number of anilines is 1. The van der Waals surface area contributed by atoms with Crippen molar-refractivity contribution in [2.24, 2.45) is 0 Å².